The fourth-order valence-corrected chi connectivity index (χ4v) is 6.62. The van der Waals surface area contributed by atoms with Gasteiger partial charge in [-0.1, -0.05) is 30.3 Å². The van der Waals surface area contributed by atoms with Crippen LogP contribution in [0.3, 0.4) is 0 Å². The molecule has 0 radical (unpaired) electrons. The molecule has 0 N–H and O–H groups in total. The monoisotopic (exact) mass is 304 g/mol. The van der Waals surface area contributed by atoms with Gasteiger partial charge in [-0.2, -0.15) is 0 Å². The average Bonchev–Trinajstić information content (AvgIpc) is 2.67. The fourth-order valence-electron chi connectivity index (χ4n) is 2.74. The molecule has 0 spiro atoms. The van der Waals surface area contributed by atoms with E-state index in [2.05, 4.69) is 0 Å². The first-order valence-corrected chi connectivity index (χ1v) is 9.07. The van der Waals surface area contributed by atoms with E-state index in [1.165, 1.54) is 0 Å². The number of sulfone groups is 1. The number of hydrogen-bond acceptors (Lipinski definition) is 3. The summed E-state index contributed by atoms with van der Waals surface area (Å²) in [5, 5.41) is -0.00250. The first-order valence-electron chi connectivity index (χ1n) is 6.53. The van der Waals surface area contributed by atoms with Crippen molar-refractivity contribution in [2.45, 2.75) is 28.9 Å². The van der Waals surface area contributed by atoms with Gasteiger partial charge in [0.2, 0.25) is 0 Å². The summed E-state index contributed by atoms with van der Waals surface area (Å²) in [6.07, 6.45) is 0. The molecule has 2 aromatic rings. The molecule has 0 bridgehead atoms. The van der Waals surface area contributed by atoms with E-state index < -0.39 is 9.84 Å². The summed E-state index contributed by atoms with van der Waals surface area (Å²) in [5.41, 5.74) is 2.93. The van der Waals surface area contributed by atoms with Crippen molar-refractivity contribution in [1.82, 2.24) is 0 Å². The zero-order valence-corrected chi connectivity index (χ0v) is 13.1. The van der Waals surface area contributed by atoms with Crippen molar-refractivity contribution in [3.63, 3.8) is 0 Å². The molecular formula is C16H16O2S2. The second-order valence-corrected chi connectivity index (χ2v) is 8.39. The summed E-state index contributed by atoms with van der Waals surface area (Å²) in [4.78, 5) is 1.67. The molecule has 0 fully saturated rings. The molecule has 1 atom stereocenters. The molecule has 2 aromatic carbocycles. The lowest BCUT2D eigenvalue weighted by molar-refractivity contribution is 0.599. The molecule has 0 amide bonds. The largest absolute Gasteiger partial charge is 0.224 e. The Kier molecular flexibility index (Phi) is 3.38. The predicted molar refractivity (Wildman–Crippen MR) is 83.0 cm³/mol. The fraction of sp³-hybridized carbons (Fsp3) is 0.250. The highest BCUT2D eigenvalue weighted by atomic mass is 32.2. The summed E-state index contributed by atoms with van der Waals surface area (Å²) in [6, 6.07) is 13.9. The third-order valence-electron chi connectivity index (χ3n) is 3.64. The highest BCUT2D eigenvalue weighted by Crippen LogP contribution is 2.47. The molecule has 1 aliphatic heterocycles. The van der Waals surface area contributed by atoms with Gasteiger partial charge in [-0.25, -0.2) is 8.42 Å². The van der Waals surface area contributed by atoms with E-state index in [1.54, 1.807) is 11.8 Å². The number of thioether (sulfide) groups is 1. The Morgan fingerprint density at radius 2 is 1.65 bits per heavy atom. The first-order chi connectivity index (χ1) is 9.49. The van der Waals surface area contributed by atoms with Gasteiger partial charge in [-0.3, -0.25) is 0 Å². The van der Waals surface area contributed by atoms with Crippen LogP contribution >= 0.6 is 11.8 Å². The Morgan fingerprint density at radius 1 is 1.00 bits per heavy atom. The van der Waals surface area contributed by atoms with Crippen molar-refractivity contribution < 1.29 is 8.42 Å². The van der Waals surface area contributed by atoms with Gasteiger partial charge >= 0.3 is 0 Å². The van der Waals surface area contributed by atoms with Crippen LogP contribution in [0.1, 0.15) is 21.9 Å². The van der Waals surface area contributed by atoms with Crippen LogP contribution in [0.2, 0.25) is 0 Å². The van der Waals surface area contributed by atoms with Crippen molar-refractivity contribution >= 4 is 21.6 Å². The number of aryl methyl sites for hydroxylation is 2. The van der Waals surface area contributed by atoms with Gasteiger partial charge < -0.3 is 0 Å². The summed E-state index contributed by atoms with van der Waals surface area (Å²) in [7, 11) is -3.15. The second kappa shape index (κ2) is 4.93. The van der Waals surface area contributed by atoms with E-state index in [0.717, 1.165) is 21.6 Å². The topological polar surface area (TPSA) is 34.1 Å². The lowest BCUT2D eigenvalue weighted by atomic mass is 10.0. The Bertz CT molecular complexity index is 750. The quantitative estimate of drug-likeness (QED) is 0.843. The molecular weight excluding hydrogens is 288 g/mol. The molecule has 0 saturated carbocycles. The van der Waals surface area contributed by atoms with Gasteiger partial charge in [0.15, 0.2) is 9.84 Å². The molecule has 0 saturated heterocycles. The lowest BCUT2D eigenvalue weighted by Crippen LogP contribution is -2.02. The van der Waals surface area contributed by atoms with E-state index in [0.29, 0.717) is 4.90 Å². The van der Waals surface area contributed by atoms with Gasteiger partial charge in [0.25, 0.3) is 0 Å². The Morgan fingerprint density at radius 3 is 2.35 bits per heavy atom. The van der Waals surface area contributed by atoms with E-state index in [4.69, 9.17) is 0 Å². The molecule has 104 valence electrons. The molecule has 3 rings (SSSR count). The number of fused-ring (bicyclic) bond motifs is 1. The van der Waals surface area contributed by atoms with Gasteiger partial charge in [-0.05, 0) is 42.7 Å². The average molecular weight is 304 g/mol. The van der Waals surface area contributed by atoms with Crippen molar-refractivity contribution in [2.24, 2.45) is 0 Å². The minimum absolute atomic E-state index is 0.00250. The number of rotatable bonds is 2. The maximum Gasteiger partial charge on any atom is 0.180 e. The van der Waals surface area contributed by atoms with Crippen LogP contribution < -0.4 is 0 Å². The summed E-state index contributed by atoms with van der Waals surface area (Å²) in [5.74, 6) is 0.202. The molecule has 20 heavy (non-hydrogen) atoms. The van der Waals surface area contributed by atoms with E-state index in [9.17, 15) is 8.42 Å². The Balaban J connectivity index is 2.09. The van der Waals surface area contributed by atoms with Gasteiger partial charge in [0.1, 0.15) is 0 Å². The van der Waals surface area contributed by atoms with Crippen molar-refractivity contribution in [3.8, 4) is 0 Å². The zero-order chi connectivity index (χ0) is 14.3. The van der Waals surface area contributed by atoms with Crippen molar-refractivity contribution in [3.05, 3.63) is 59.2 Å². The lowest BCUT2D eigenvalue weighted by Gasteiger charge is -2.13. The molecule has 1 unspecified atom stereocenters. The third-order valence-corrected chi connectivity index (χ3v) is 7.01. The molecule has 2 nitrogen and oxygen atoms in total. The summed E-state index contributed by atoms with van der Waals surface area (Å²) >= 11 is 1.64. The normalized spacial score (nSPS) is 19.8. The van der Waals surface area contributed by atoms with Crippen LogP contribution in [0.5, 0.6) is 0 Å². The van der Waals surface area contributed by atoms with E-state index in [-0.39, 0.29) is 11.0 Å². The molecule has 1 heterocycles. The molecule has 0 aliphatic carbocycles. The smallest absolute Gasteiger partial charge is 0.180 e. The zero-order valence-electron chi connectivity index (χ0n) is 11.5. The first kappa shape index (κ1) is 13.7. The van der Waals surface area contributed by atoms with Crippen LogP contribution in [0.15, 0.2) is 52.3 Å². The standard InChI is InChI=1S/C16H16O2S2/c1-11-8-9-12(2)16-15(11)14(10-20(16,17)18)19-13-6-4-3-5-7-13/h3-9,14H,10H2,1-2H3. The van der Waals surface area contributed by atoms with Crippen LogP contribution in [-0.2, 0) is 9.84 Å². The molecule has 4 heteroatoms. The van der Waals surface area contributed by atoms with Gasteiger partial charge in [-0.15, -0.1) is 11.8 Å². The van der Waals surface area contributed by atoms with Crippen LogP contribution in [0, 0.1) is 13.8 Å². The maximum atomic E-state index is 12.4. The van der Waals surface area contributed by atoms with Crippen LogP contribution in [0.25, 0.3) is 0 Å². The van der Waals surface area contributed by atoms with Crippen LogP contribution in [0.4, 0.5) is 0 Å². The molecule has 0 aromatic heterocycles. The number of hydrogen-bond donors (Lipinski definition) is 0. The summed E-state index contributed by atoms with van der Waals surface area (Å²) in [6.45, 7) is 3.88. The van der Waals surface area contributed by atoms with Gasteiger partial charge in [0.05, 0.1) is 15.9 Å². The Hall–Kier alpha value is -1.26. The highest BCUT2D eigenvalue weighted by Gasteiger charge is 2.37. The Labute approximate surface area is 124 Å². The predicted octanol–water partition coefficient (Wildman–Crippen LogP) is 3.92. The van der Waals surface area contributed by atoms with Gasteiger partial charge in [0, 0.05) is 4.90 Å². The van der Waals surface area contributed by atoms with Crippen molar-refractivity contribution in [1.29, 1.82) is 0 Å². The van der Waals surface area contributed by atoms with E-state index >= 15 is 0 Å². The van der Waals surface area contributed by atoms with E-state index in [1.807, 2.05) is 56.3 Å². The molecule has 1 aliphatic rings. The third kappa shape index (κ3) is 2.27. The maximum absolute atomic E-state index is 12.4. The van der Waals surface area contributed by atoms with Crippen LogP contribution in [-0.4, -0.2) is 14.2 Å². The summed E-state index contributed by atoms with van der Waals surface area (Å²) < 4.78 is 24.8. The van der Waals surface area contributed by atoms with Crippen molar-refractivity contribution in [2.75, 3.05) is 5.75 Å². The second-order valence-electron chi connectivity index (χ2n) is 5.14. The SMILES string of the molecule is Cc1ccc(C)c2c1C(Sc1ccccc1)CS2(=O)=O. The minimum Gasteiger partial charge on any atom is -0.224 e. The minimum atomic E-state index is -3.15. The highest BCUT2D eigenvalue weighted by molar-refractivity contribution is 8.01. The number of benzene rings is 2.